The standard InChI is InChI=1S/C21H27N3O3/c1-15-10-16(2)12-18(11-15)20(26)24-7-3-4-17(13-24)19(25)23-8-5-21(27,14-22)6-9-23/h10-12,17,27H,3-9,13H2,1-2H3/t17-/m0/s1. The number of hydrogen-bond acceptors (Lipinski definition) is 4. The Kier molecular flexibility index (Phi) is 5.52. The summed E-state index contributed by atoms with van der Waals surface area (Å²) in [6.07, 6.45) is 2.15. The molecule has 2 heterocycles. The number of piperidine rings is 2. The second-order valence-electron chi connectivity index (χ2n) is 7.94. The number of aryl methyl sites for hydroxylation is 2. The summed E-state index contributed by atoms with van der Waals surface area (Å²) >= 11 is 0. The molecule has 0 bridgehead atoms. The van der Waals surface area contributed by atoms with Crippen molar-refractivity contribution in [1.82, 2.24) is 9.80 Å². The number of benzene rings is 1. The minimum absolute atomic E-state index is 0.0169. The molecule has 0 spiro atoms. The number of likely N-dealkylation sites (tertiary alicyclic amines) is 2. The van der Waals surface area contributed by atoms with Gasteiger partial charge in [-0.1, -0.05) is 17.2 Å². The number of nitriles is 1. The van der Waals surface area contributed by atoms with E-state index in [4.69, 9.17) is 5.26 Å². The van der Waals surface area contributed by atoms with E-state index in [1.54, 1.807) is 9.80 Å². The summed E-state index contributed by atoms with van der Waals surface area (Å²) in [5, 5.41) is 19.0. The van der Waals surface area contributed by atoms with Crippen molar-refractivity contribution in [1.29, 1.82) is 5.26 Å². The fourth-order valence-electron chi connectivity index (χ4n) is 4.11. The lowest BCUT2D eigenvalue weighted by molar-refractivity contribution is -0.139. The second-order valence-corrected chi connectivity index (χ2v) is 7.94. The van der Waals surface area contributed by atoms with Crippen LogP contribution >= 0.6 is 0 Å². The lowest BCUT2D eigenvalue weighted by Gasteiger charge is -2.38. The molecule has 0 saturated carbocycles. The quantitative estimate of drug-likeness (QED) is 0.809. The third-order valence-electron chi connectivity index (χ3n) is 5.64. The first kappa shape index (κ1) is 19.4. The van der Waals surface area contributed by atoms with Gasteiger partial charge in [-0.05, 0) is 38.8 Å². The van der Waals surface area contributed by atoms with Crippen molar-refractivity contribution in [2.75, 3.05) is 26.2 Å². The summed E-state index contributed by atoms with van der Waals surface area (Å²) in [6.45, 7) is 5.85. The zero-order valence-corrected chi connectivity index (χ0v) is 16.1. The van der Waals surface area contributed by atoms with Crippen molar-refractivity contribution in [2.45, 2.75) is 45.1 Å². The first-order valence-corrected chi connectivity index (χ1v) is 9.61. The van der Waals surface area contributed by atoms with Crippen LogP contribution in [0.5, 0.6) is 0 Å². The van der Waals surface area contributed by atoms with E-state index >= 15 is 0 Å². The Morgan fingerprint density at radius 2 is 1.74 bits per heavy atom. The molecule has 2 saturated heterocycles. The van der Waals surface area contributed by atoms with Gasteiger partial charge >= 0.3 is 0 Å². The van der Waals surface area contributed by atoms with E-state index in [1.807, 2.05) is 38.1 Å². The molecule has 0 aliphatic carbocycles. The maximum absolute atomic E-state index is 12.9. The van der Waals surface area contributed by atoms with Gasteiger partial charge in [-0.25, -0.2) is 0 Å². The van der Waals surface area contributed by atoms with Crippen LogP contribution in [0.15, 0.2) is 18.2 Å². The van der Waals surface area contributed by atoms with Crippen LogP contribution in [0.4, 0.5) is 0 Å². The van der Waals surface area contributed by atoms with Crippen LogP contribution in [0.1, 0.15) is 47.2 Å². The maximum Gasteiger partial charge on any atom is 0.253 e. The van der Waals surface area contributed by atoms with Crippen LogP contribution in [-0.2, 0) is 4.79 Å². The molecule has 1 aromatic carbocycles. The topological polar surface area (TPSA) is 84.6 Å². The van der Waals surface area contributed by atoms with Gasteiger partial charge in [-0.3, -0.25) is 9.59 Å². The molecule has 0 unspecified atom stereocenters. The third-order valence-corrected chi connectivity index (χ3v) is 5.64. The van der Waals surface area contributed by atoms with E-state index in [9.17, 15) is 14.7 Å². The van der Waals surface area contributed by atoms with Crippen molar-refractivity contribution in [3.63, 3.8) is 0 Å². The van der Waals surface area contributed by atoms with Gasteiger partial charge in [0.15, 0.2) is 5.60 Å². The van der Waals surface area contributed by atoms with E-state index < -0.39 is 5.60 Å². The largest absolute Gasteiger partial charge is 0.375 e. The Bertz CT molecular complexity index is 755. The van der Waals surface area contributed by atoms with Gasteiger partial charge in [0.2, 0.25) is 5.91 Å². The summed E-state index contributed by atoms with van der Waals surface area (Å²) in [7, 11) is 0. The van der Waals surface area contributed by atoms with E-state index in [1.165, 1.54) is 0 Å². The first-order chi connectivity index (χ1) is 12.8. The van der Waals surface area contributed by atoms with Gasteiger partial charge in [0.25, 0.3) is 5.91 Å². The number of hydrogen-bond donors (Lipinski definition) is 1. The van der Waals surface area contributed by atoms with Crippen LogP contribution in [0.25, 0.3) is 0 Å². The summed E-state index contributed by atoms with van der Waals surface area (Å²) in [5.74, 6) is -0.188. The van der Waals surface area contributed by atoms with Crippen LogP contribution in [0.2, 0.25) is 0 Å². The maximum atomic E-state index is 12.9. The normalized spacial score (nSPS) is 22.2. The van der Waals surface area contributed by atoms with Crippen LogP contribution in [0.3, 0.4) is 0 Å². The fourth-order valence-corrected chi connectivity index (χ4v) is 4.11. The van der Waals surface area contributed by atoms with Crippen molar-refractivity contribution in [2.24, 2.45) is 5.92 Å². The number of nitrogens with zero attached hydrogens (tertiary/aromatic N) is 3. The van der Waals surface area contributed by atoms with Gasteiger partial charge in [0.05, 0.1) is 12.0 Å². The monoisotopic (exact) mass is 369 g/mol. The number of carbonyl (C=O) groups is 2. The van der Waals surface area contributed by atoms with Crippen molar-refractivity contribution in [3.8, 4) is 6.07 Å². The molecule has 6 heteroatoms. The molecule has 27 heavy (non-hydrogen) atoms. The first-order valence-electron chi connectivity index (χ1n) is 9.61. The zero-order valence-electron chi connectivity index (χ0n) is 16.1. The second kappa shape index (κ2) is 7.69. The van der Waals surface area contributed by atoms with Gasteiger partial charge < -0.3 is 14.9 Å². The molecule has 2 aliphatic heterocycles. The summed E-state index contributed by atoms with van der Waals surface area (Å²) in [4.78, 5) is 29.3. The Morgan fingerprint density at radius 3 is 2.33 bits per heavy atom. The molecule has 6 nitrogen and oxygen atoms in total. The average molecular weight is 369 g/mol. The summed E-state index contributed by atoms with van der Waals surface area (Å²) in [5.41, 5.74) is 1.48. The molecule has 2 amide bonds. The van der Waals surface area contributed by atoms with Crippen molar-refractivity contribution >= 4 is 11.8 Å². The molecule has 2 fully saturated rings. The van der Waals surface area contributed by atoms with Crippen molar-refractivity contribution < 1.29 is 14.7 Å². The Hall–Kier alpha value is -2.39. The predicted molar refractivity (Wildman–Crippen MR) is 101 cm³/mol. The smallest absolute Gasteiger partial charge is 0.253 e. The van der Waals surface area contributed by atoms with E-state index in [0.717, 1.165) is 24.0 Å². The minimum Gasteiger partial charge on any atom is -0.375 e. The van der Waals surface area contributed by atoms with Gasteiger partial charge in [-0.15, -0.1) is 0 Å². The molecular weight excluding hydrogens is 342 g/mol. The number of aliphatic hydroxyl groups is 1. The minimum atomic E-state index is -1.31. The summed E-state index contributed by atoms with van der Waals surface area (Å²) < 4.78 is 0. The van der Waals surface area contributed by atoms with E-state index in [-0.39, 0.29) is 30.6 Å². The lowest BCUT2D eigenvalue weighted by Crippen LogP contribution is -2.51. The highest BCUT2D eigenvalue weighted by Gasteiger charge is 2.37. The molecule has 1 N–H and O–H groups in total. The number of amides is 2. The van der Waals surface area contributed by atoms with Gasteiger partial charge in [-0.2, -0.15) is 5.26 Å². The summed E-state index contributed by atoms with van der Waals surface area (Å²) in [6, 6.07) is 7.77. The molecule has 1 aromatic rings. The molecular formula is C21H27N3O3. The van der Waals surface area contributed by atoms with Crippen LogP contribution in [-0.4, -0.2) is 58.5 Å². The molecule has 1 atom stereocenters. The highest BCUT2D eigenvalue weighted by atomic mass is 16.3. The zero-order chi connectivity index (χ0) is 19.6. The highest BCUT2D eigenvalue weighted by Crippen LogP contribution is 2.26. The van der Waals surface area contributed by atoms with Crippen LogP contribution < -0.4 is 0 Å². The molecule has 3 rings (SSSR count). The molecule has 144 valence electrons. The SMILES string of the molecule is Cc1cc(C)cc(C(=O)N2CCC[C@H](C(=O)N3CCC(O)(C#N)CC3)C2)c1. The van der Waals surface area contributed by atoms with Crippen molar-refractivity contribution in [3.05, 3.63) is 34.9 Å². The van der Waals surface area contributed by atoms with E-state index in [0.29, 0.717) is 31.7 Å². The Morgan fingerprint density at radius 1 is 1.11 bits per heavy atom. The Labute approximate surface area is 160 Å². The fraction of sp³-hybridized carbons (Fsp3) is 0.571. The number of rotatable bonds is 2. The molecule has 0 radical (unpaired) electrons. The molecule has 0 aromatic heterocycles. The predicted octanol–water partition coefficient (Wildman–Crippen LogP) is 2.03. The average Bonchev–Trinajstić information content (AvgIpc) is 2.67. The van der Waals surface area contributed by atoms with Gasteiger partial charge in [0, 0.05) is 44.6 Å². The van der Waals surface area contributed by atoms with Crippen LogP contribution in [0, 0.1) is 31.1 Å². The van der Waals surface area contributed by atoms with E-state index in [2.05, 4.69) is 0 Å². The number of carbonyl (C=O) groups excluding carboxylic acids is 2. The lowest BCUT2D eigenvalue weighted by atomic mass is 9.90. The third kappa shape index (κ3) is 4.30. The van der Waals surface area contributed by atoms with Gasteiger partial charge in [0.1, 0.15) is 0 Å². The Balaban J connectivity index is 1.65. The highest BCUT2D eigenvalue weighted by molar-refractivity contribution is 5.95. The molecule has 2 aliphatic rings.